The first-order chi connectivity index (χ1) is 16.4. The molecule has 0 aliphatic carbocycles. The number of nitro benzene ring substituents is 1. The number of halogens is 4. The Morgan fingerprint density at radius 3 is 2.46 bits per heavy atom. The van der Waals surface area contributed by atoms with E-state index in [1.807, 2.05) is 5.48 Å². The maximum atomic E-state index is 12.9. The fourth-order valence-corrected chi connectivity index (χ4v) is 2.86. The molecule has 12 nitrogen and oxygen atoms in total. The quantitative estimate of drug-likeness (QED) is 0.128. The Kier molecular flexibility index (Phi) is 8.66. The molecule has 1 amide bonds. The number of ether oxygens (including phenoxy) is 2. The number of hydroxylamine groups is 1. The van der Waals surface area contributed by atoms with Crippen LogP contribution in [0.3, 0.4) is 0 Å². The summed E-state index contributed by atoms with van der Waals surface area (Å²) in [5.41, 5.74) is -0.685. The molecule has 0 saturated carbocycles. The highest BCUT2D eigenvalue weighted by atomic mass is 35.5. The van der Waals surface area contributed by atoms with Crippen LogP contribution in [0.4, 0.5) is 23.7 Å². The molecule has 0 fully saturated rings. The van der Waals surface area contributed by atoms with E-state index in [1.165, 1.54) is 7.05 Å². The summed E-state index contributed by atoms with van der Waals surface area (Å²) >= 11 is 5.90. The van der Waals surface area contributed by atoms with E-state index in [4.69, 9.17) is 16.3 Å². The Balaban J connectivity index is 2.62. The molecule has 0 radical (unpaired) electrons. The summed E-state index contributed by atoms with van der Waals surface area (Å²) in [4.78, 5) is 38.6. The van der Waals surface area contributed by atoms with Crippen molar-refractivity contribution < 1.29 is 47.2 Å². The number of nitro groups is 1. The molecule has 0 heterocycles. The summed E-state index contributed by atoms with van der Waals surface area (Å²) in [5, 5.41) is 25.6. The van der Waals surface area contributed by atoms with Gasteiger partial charge in [-0.1, -0.05) is 16.8 Å². The third-order valence-electron chi connectivity index (χ3n) is 4.19. The number of nitrogens with one attached hydrogen (secondary N) is 2. The van der Waals surface area contributed by atoms with E-state index in [-0.39, 0.29) is 17.1 Å². The van der Waals surface area contributed by atoms with Crippen molar-refractivity contribution in [2.45, 2.75) is 12.6 Å². The molecule has 0 aromatic heterocycles. The Morgan fingerprint density at radius 1 is 1.26 bits per heavy atom. The third-order valence-corrected chi connectivity index (χ3v) is 4.49. The van der Waals surface area contributed by atoms with Gasteiger partial charge in [0.25, 0.3) is 5.69 Å². The number of hydrogen-bond donors (Lipinski definition) is 3. The molecule has 0 saturated heterocycles. The smallest absolute Gasteiger partial charge is 0.431 e. The molecule has 0 aliphatic rings. The molecule has 0 unspecified atom stereocenters. The van der Waals surface area contributed by atoms with E-state index in [9.17, 15) is 38.1 Å². The minimum Gasteiger partial charge on any atom is -0.469 e. The van der Waals surface area contributed by atoms with E-state index in [2.05, 4.69) is 20.0 Å². The zero-order valence-corrected chi connectivity index (χ0v) is 18.6. The molecule has 0 atom stereocenters. The Bertz CT molecular complexity index is 1170. The van der Waals surface area contributed by atoms with Gasteiger partial charge in [0.1, 0.15) is 17.1 Å². The van der Waals surface area contributed by atoms with Crippen molar-refractivity contribution in [2.24, 2.45) is 5.16 Å². The Hall–Kier alpha value is -4.27. The van der Waals surface area contributed by atoms with Gasteiger partial charge in [-0.3, -0.25) is 14.9 Å². The maximum absolute atomic E-state index is 12.9. The highest BCUT2D eigenvalue weighted by Crippen LogP contribution is 2.38. The highest BCUT2D eigenvalue weighted by Gasteiger charge is 2.32. The zero-order valence-electron chi connectivity index (χ0n) is 17.8. The largest absolute Gasteiger partial charge is 0.469 e. The lowest BCUT2D eigenvalue weighted by atomic mass is 10.0. The van der Waals surface area contributed by atoms with Crippen LogP contribution in [-0.4, -0.2) is 42.2 Å². The number of benzene rings is 2. The van der Waals surface area contributed by atoms with Gasteiger partial charge in [-0.25, -0.2) is 4.79 Å². The van der Waals surface area contributed by atoms with Crippen LogP contribution in [-0.2, 0) is 27.0 Å². The molecule has 0 aliphatic heterocycles. The van der Waals surface area contributed by atoms with Crippen LogP contribution >= 0.6 is 11.6 Å². The summed E-state index contributed by atoms with van der Waals surface area (Å²) < 4.78 is 48.7. The molecule has 2 rings (SSSR count). The second-order valence-corrected chi connectivity index (χ2v) is 6.83. The van der Waals surface area contributed by atoms with Crippen LogP contribution in [0.1, 0.15) is 16.7 Å². The second-order valence-electron chi connectivity index (χ2n) is 6.42. The van der Waals surface area contributed by atoms with Crippen molar-refractivity contribution in [3.05, 3.63) is 62.2 Å². The molecular formula is C19H16ClF3N4O8. The molecule has 2 aromatic carbocycles. The zero-order chi connectivity index (χ0) is 26.3. The van der Waals surface area contributed by atoms with Gasteiger partial charge in [0.2, 0.25) is 5.84 Å². The molecule has 0 spiro atoms. The van der Waals surface area contributed by atoms with Crippen molar-refractivity contribution in [3.63, 3.8) is 0 Å². The molecule has 2 aromatic rings. The lowest BCUT2D eigenvalue weighted by Crippen LogP contribution is -2.33. The average Bonchev–Trinajstić information content (AvgIpc) is 2.79. The van der Waals surface area contributed by atoms with Crippen molar-refractivity contribution in [2.75, 3.05) is 14.2 Å². The normalized spacial score (nSPS) is 11.4. The lowest BCUT2D eigenvalue weighted by Gasteiger charge is -2.15. The van der Waals surface area contributed by atoms with E-state index in [0.717, 1.165) is 25.3 Å². The van der Waals surface area contributed by atoms with Crippen LogP contribution in [0.5, 0.6) is 11.5 Å². The predicted octanol–water partition coefficient (Wildman–Crippen LogP) is 3.77. The van der Waals surface area contributed by atoms with Gasteiger partial charge in [0.15, 0.2) is 0 Å². The van der Waals surface area contributed by atoms with Gasteiger partial charge in [0.05, 0.1) is 29.0 Å². The first-order valence-electron chi connectivity index (χ1n) is 9.21. The Morgan fingerprint density at radius 2 is 1.94 bits per heavy atom. The van der Waals surface area contributed by atoms with Gasteiger partial charge in [0, 0.05) is 12.6 Å². The number of hydrogen-bond acceptors (Lipinski definition) is 9. The van der Waals surface area contributed by atoms with E-state index in [0.29, 0.717) is 12.1 Å². The van der Waals surface area contributed by atoms with Gasteiger partial charge in [-0.2, -0.15) is 18.7 Å². The van der Waals surface area contributed by atoms with Crippen molar-refractivity contribution in [1.82, 2.24) is 10.8 Å². The first-order valence-corrected chi connectivity index (χ1v) is 9.58. The van der Waals surface area contributed by atoms with E-state index >= 15 is 0 Å². The summed E-state index contributed by atoms with van der Waals surface area (Å²) in [5.74, 6) is -2.15. The van der Waals surface area contributed by atoms with E-state index in [1.54, 1.807) is 0 Å². The van der Waals surface area contributed by atoms with Crippen molar-refractivity contribution in [1.29, 1.82) is 0 Å². The third kappa shape index (κ3) is 6.86. The molecule has 35 heavy (non-hydrogen) atoms. The number of amides is 1. The number of amidine groups is 1. The first kappa shape index (κ1) is 27.0. The highest BCUT2D eigenvalue weighted by molar-refractivity contribution is 6.32. The number of nitrogens with zero attached hydrogens (tertiary/aromatic N) is 2. The predicted molar refractivity (Wildman–Crippen MR) is 112 cm³/mol. The fourth-order valence-electron chi connectivity index (χ4n) is 2.64. The SMILES string of the molecule is CNC(=O)ONC(=NO)c1cc(Oc2ccc(C(F)(F)F)cc2Cl)cc(CC(=O)OC)c1[N+](=O)[O-]. The van der Waals surface area contributed by atoms with Crippen LogP contribution in [0.15, 0.2) is 35.5 Å². The standard InChI is InChI=1S/C19H16ClF3N4O8/c1-24-18(29)35-26-17(25-30)12-8-11(5-9(6-15(28)33-2)16(12)27(31)32)34-14-4-3-10(7-13(14)20)19(21,22)23/h3-5,7-8,30H,6H2,1-2H3,(H,24,29)(H,25,26). The van der Waals surface area contributed by atoms with Crippen LogP contribution in [0.2, 0.25) is 5.02 Å². The minimum atomic E-state index is -4.67. The van der Waals surface area contributed by atoms with Crippen LogP contribution in [0, 0.1) is 10.1 Å². The summed E-state index contributed by atoms with van der Waals surface area (Å²) in [6, 6.07) is 4.21. The van der Waals surface area contributed by atoms with Gasteiger partial charge in [-0.05, 0) is 30.3 Å². The topological polar surface area (TPSA) is 162 Å². The number of carbonyl (C=O) groups is 2. The van der Waals surface area contributed by atoms with E-state index < -0.39 is 57.3 Å². The molecular weight excluding hydrogens is 505 g/mol. The number of carbonyl (C=O) groups excluding carboxylic acids is 2. The monoisotopic (exact) mass is 520 g/mol. The maximum Gasteiger partial charge on any atom is 0.431 e. The van der Waals surface area contributed by atoms with Gasteiger partial charge < -0.3 is 24.8 Å². The number of rotatable bonds is 6. The minimum absolute atomic E-state index is 0.256. The molecule has 188 valence electrons. The summed E-state index contributed by atoms with van der Waals surface area (Å²) in [7, 11) is 2.25. The number of esters is 1. The fraction of sp³-hybridized carbons (Fsp3) is 0.211. The number of oxime groups is 1. The second kappa shape index (κ2) is 11.2. The number of methoxy groups -OCH3 is 1. The van der Waals surface area contributed by atoms with Gasteiger partial charge >= 0.3 is 18.2 Å². The Labute approximate surface area is 199 Å². The molecule has 16 heteroatoms. The lowest BCUT2D eigenvalue weighted by molar-refractivity contribution is -0.385. The summed E-state index contributed by atoms with van der Waals surface area (Å²) in [6.07, 6.45) is -6.36. The van der Waals surface area contributed by atoms with Crippen LogP contribution in [0.25, 0.3) is 0 Å². The van der Waals surface area contributed by atoms with Crippen molar-refractivity contribution in [3.8, 4) is 11.5 Å². The number of alkyl halides is 3. The van der Waals surface area contributed by atoms with Crippen LogP contribution < -0.4 is 15.5 Å². The average molecular weight is 521 g/mol. The summed E-state index contributed by atoms with van der Waals surface area (Å²) in [6.45, 7) is 0. The van der Waals surface area contributed by atoms with Crippen molar-refractivity contribution >= 4 is 35.2 Å². The molecule has 0 bridgehead atoms. The van der Waals surface area contributed by atoms with Gasteiger partial charge in [-0.15, -0.1) is 0 Å². The molecule has 3 N–H and O–H groups in total.